The van der Waals surface area contributed by atoms with Crippen LogP contribution >= 0.6 is 11.6 Å². The number of amides is 2. The minimum atomic E-state index is -1.25. The second-order valence-corrected chi connectivity index (χ2v) is 5.84. The molecule has 0 unspecified atom stereocenters. The highest BCUT2D eigenvalue weighted by Gasteiger charge is 2.19. The van der Waals surface area contributed by atoms with E-state index in [1.807, 2.05) is 6.07 Å². The van der Waals surface area contributed by atoms with Crippen LogP contribution in [-0.4, -0.2) is 34.9 Å². The number of nitrogens with one attached hydrogen (secondary N) is 2. The van der Waals surface area contributed by atoms with Crippen LogP contribution in [0.4, 0.5) is 0 Å². The van der Waals surface area contributed by atoms with E-state index in [0.29, 0.717) is 10.7 Å². The third kappa shape index (κ3) is 4.05. The molecule has 0 fully saturated rings. The minimum Gasteiger partial charge on any atom is -0.550 e. The standard InChI is InChI=1S/C16H18ClN3O4/c1-9(15(23)18-6-5-14(21)22)19-16(24)13-8-10-7-11(17)3-4-12(10)20(13)2/h3-4,7-9H,5-6H2,1-2H3,(H,18,23)(H,19,24)(H,21,22)/p-1/t9-/m0/s1. The topological polar surface area (TPSA) is 103 Å². The van der Waals surface area contributed by atoms with Crippen LogP contribution in [0.15, 0.2) is 24.3 Å². The highest BCUT2D eigenvalue weighted by atomic mass is 35.5. The zero-order valence-corrected chi connectivity index (χ0v) is 14.0. The average molecular weight is 351 g/mol. The molecule has 128 valence electrons. The smallest absolute Gasteiger partial charge is 0.268 e. The molecular formula is C16H17ClN3O4-. The lowest BCUT2D eigenvalue weighted by Crippen LogP contribution is -2.46. The summed E-state index contributed by atoms with van der Waals surface area (Å²) in [5.74, 6) is -2.13. The van der Waals surface area contributed by atoms with E-state index >= 15 is 0 Å². The molecule has 0 saturated carbocycles. The van der Waals surface area contributed by atoms with E-state index in [-0.39, 0.29) is 13.0 Å². The second-order valence-electron chi connectivity index (χ2n) is 5.40. The molecule has 0 radical (unpaired) electrons. The number of fused-ring (bicyclic) bond motifs is 1. The largest absolute Gasteiger partial charge is 0.550 e. The SMILES string of the molecule is C[C@H](NC(=O)c1cc2cc(Cl)ccc2n1C)C(=O)NCCC(=O)[O-]. The maximum absolute atomic E-state index is 12.4. The van der Waals surface area contributed by atoms with Gasteiger partial charge in [0.05, 0.1) is 0 Å². The molecule has 2 N–H and O–H groups in total. The summed E-state index contributed by atoms with van der Waals surface area (Å²) < 4.78 is 1.71. The van der Waals surface area contributed by atoms with Gasteiger partial charge < -0.3 is 25.1 Å². The van der Waals surface area contributed by atoms with Crippen molar-refractivity contribution in [1.29, 1.82) is 0 Å². The molecule has 7 nitrogen and oxygen atoms in total. The maximum atomic E-state index is 12.4. The molecule has 1 atom stereocenters. The Morgan fingerprint density at radius 1 is 1.29 bits per heavy atom. The number of carboxylic acid groups (broad SMARTS) is 1. The first-order valence-corrected chi connectivity index (χ1v) is 7.71. The number of halogens is 1. The average Bonchev–Trinajstić information content (AvgIpc) is 2.83. The van der Waals surface area contributed by atoms with Gasteiger partial charge in [-0.15, -0.1) is 0 Å². The van der Waals surface area contributed by atoms with Gasteiger partial charge in [0.15, 0.2) is 0 Å². The maximum Gasteiger partial charge on any atom is 0.268 e. The molecule has 0 saturated heterocycles. The molecule has 0 spiro atoms. The van der Waals surface area contributed by atoms with E-state index in [0.717, 1.165) is 10.9 Å². The van der Waals surface area contributed by atoms with Crippen LogP contribution in [0.2, 0.25) is 5.02 Å². The lowest BCUT2D eigenvalue weighted by molar-refractivity contribution is -0.305. The van der Waals surface area contributed by atoms with E-state index < -0.39 is 23.8 Å². The zero-order valence-electron chi connectivity index (χ0n) is 13.3. The quantitative estimate of drug-likeness (QED) is 0.777. The van der Waals surface area contributed by atoms with Gasteiger partial charge in [0.1, 0.15) is 11.7 Å². The summed E-state index contributed by atoms with van der Waals surface area (Å²) in [6, 6.07) is 6.19. The second kappa shape index (κ2) is 7.35. The van der Waals surface area contributed by atoms with Crippen molar-refractivity contribution in [1.82, 2.24) is 15.2 Å². The Kier molecular flexibility index (Phi) is 5.46. The Morgan fingerprint density at radius 3 is 2.67 bits per heavy atom. The van der Waals surface area contributed by atoms with Crippen LogP contribution in [0.1, 0.15) is 23.8 Å². The molecule has 1 aromatic carbocycles. The van der Waals surface area contributed by atoms with Crippen LogP contribution < -0.4 is 15.7 Å². The Morgan fingerprint density at radius 2 is 2.00 bits per heavy atom. The Balaban J connectivity index is 2.05. The van der Waals surface area contributed by atoms with Crippen LogP contribution in [-0.2, 0) is 16.6 Å². The molecule has 0 aliphatic carbocycles. The fourth-order valence-electron chi connectivity index (χ4n) is 2.32. The fraction of sp³-hybridized carbons (Fsp3) is 0.312. The first-order valence-electron chi connectivity index (χ1n) is 7.33. The van der Waals surface area contributed by atoms with Crippen molar-refractivity contribution in [2.24, 2.45) is 7.05 Å². The number of nitrogens with zero attached hydrogens (tertiary/aromatic N) is 1. The van der Waals surface area contributed by atoms with Crippen LogP contribution in [0.25, 0.3) is 10.9 Å². The summed E-state index contributed by atoms with van der Waals surface area (Å²) in [4.78, 5) is 34.5. The molecule has 8 heteroatoms. The van der Waals surface area contributed by atoms with Crippen molar-refractivity contribution in [2.75, 3.05) is 6.54 Å². The Labute approximate surface area is 143 Å². The number of carbonyl (C=O) groups excluding carboxylic acids is 3. The molecule has 2 amide bonds. The van der Waals surface area contributed by atoms with Crippen molar-refractivity contribution >= 4 is 40.3 Å². The summed E-state index contributed by atoms with van der Waals surface area (Å²) in [5.41, 5.74) is 1.23. The van der Waals surface area contributed by atoms with Gasteiger partial charge in [0, 0.05) is 41.9 Å². The lowest BCUT2D eigenvalue weighted by Gasteiger charge is -2.14. The first-order chi connectivity index (χ1) is 11.3. The summed E-state index contributed by atoms with van der Waals surface area (Å²) >= 11 is 5.95. The third-order valence-corrected chi connectivity index (χ3v) is 3.84. The predicted octanol–water partition coefficient (Wildman–Crippen LogP) is 0.206. The monoisotopic (exact) mass is 350 g/mol. The molecule has 1 aromatic heterocycles. The fourth-order valence-corrected chi connectivity index (χ4v) is 2.50. The Bertz CT molecular complexity index is 800. The highest BCUT2D eigenvalue weighted by molar-refractivity contribution is 6.31. The van der Waals surface area contributed by atoms with Gasteiger partial charge >= 0.3 is 0 Å². The van der Waals surface area contributed by atoms with E-state index in [2.05, 4.69) is 10.6 Å². The number of benzene rings is 1. The summed E-state index contributed by atoms with van der Waals surface area (Å²) in [7, 11) is 1.75. The van der Waals surface area contributed by atoms with Crippen molar-refractivity contribution < 1.29 is 19.5 Å². The van der Waals surface area contributed by atoms with Gasteiger partial charge in [-0.2, -0.15) is 0 Å². The summed E-state index contributed by atoms with van der Waals surface area (Å²) in [6.45, 7) is 1.47. The number of aryl methyl sites for hydroxylation is 1. The lowest BCUT2D eigenvalue weighted by atomic mass is 10.2. The molecule has 0 bridgehead atoms. The van der Waals surface area contributed by atoms with E-state index in [4.69, 9.17) is 11.6 Å². The molecule has 0 aliphatic rings. The third-order valence-electron chi connectivity index (χ3n) is 3.61. The highest BCUT2D eigenvalue weighted by Crippen LogP contribution is 2.22. The van der Waals surface area contributed by atoms with Crippen LogP contribution in [0.5, 0.6) is 0 Å². The number of carbonyl (C=O) groups is 3. The van der Waals surface area contributed by atoms with Crippen molar-refractivity contribution in [3.8, 4) is 0 Å². The molecule has 2 rings (SSSR count). The summed E-state index contributed by atoms with van der Waals surface area (Å²) in [6.07, 6.45) is -0.281. The zero-order chi connectivity index (χ0) is 17.9. The predicted molar refractivity (Wildman–Crippen MR) is 87.5 cm³/mol. The summed E-state index contributed by atoms with van der Waals surface area (Å²) in [5, 5.41) is 16.7. The van der Waals surface area contributed by atoms with E-state index in [1.54, 1.807) is 29.8 Å². The number of rotatable bonds is 6. The number of aromatic nitrogens is 1. The Hall–Kier alpha value is -2.54. The van der Waals surface area contributed by atoms with Gasteiger partial charge in [-0.3, -0.25) is 9.59 Å². The van der Waals surface area contributed by atoms with E-state index in [1.165, 1.54) is 6.92 Å². The molecule has 1 heterocycles. The van der Waals surface area contributed by atoms with E-state index in [9.17, 15) is 19.5 Å². The number of aliphatic carboxylic acids is 1. The van der Waals surface area contributed by atoms with Gasteiger partial charge in [0.25, 0.3) is 5.91 Å². The van der Waals surface area contributed by atoms with Gasteiger partial charge in [-0.1, -0.05) is 11.6 Å². The van der Waals surface area contributed by atoms with Crippen LogP contribution in [0, 0.1) is 0 Å². The minimum absolute atomic E-state index is 0.0477. The van der Waals surface area contributed by atoms with Gasteiger partial charge in [0.2, 0.25) is 5.91 Å². The van der Waals surface area contributed by atoms with Crippen LogP contribution in [0.3, 0.4) is 0 Å². The number of hydrogen-bond acceptors (Lipinski definition) is 4. The normalized spacial score (nSPS) is 12.0. The molecule has 2 aromatic rings. The molecular weight excluding hydrogens is 334 g/mol. The van der Waals surface area contributed by atoms with Crippen molar-refractivity contribution in [3.05, 3.63) is 35.0 Å². The van der Waals surface area contributed by atoms with Gasteiger partial charge in [-0.25, -0.2) is 0 Å². The molecule has 24 heavy (non-hydrogen) atoms. The van der Waals surface area contributed by atoms with Crippen molar-refractivity contribution in [2.45, 2.75) is 19.4 Å². The molecule has 0 aliphatic heterocycles. The van der Waals surface area contributed by atoms with Gasteiger partial charge in [-0.05, 0) is 31.2 Å². The first kappa shape index (κ1) is 17.8. The number of carboxylic acids is 1. The van der Waals surface area contributed by atoms with Crippen molar-refractivity contribution in [3.63, 3.8) is 0 Å². The number of hydrogen-bond donors (Lipinski definition) is 2.